The molecular formula is C15H12ClF2N3. The smallest absolute Gasteiger partial charge is 0.165 e. The third-order valence-corrected chi connectivity index (χ3v) is 3.37. The molecule has 0 N–H and O–H groups in total. The summed E-state index contributed by atoms with van der Waals surface area (Å²) in [6.07, 6.45) is 0. The summed E-state index contributed by atoms with van der Waals surface area (Å²) < 4.78 is 29.1. The number of pyridine rings is 1. The second-order valence-electron chi connectivity index (χ2n) is 4.81. The summed E-state index contributed by atoms with van der Waals surface area (Å²) in [6, 6.07) is 6.86. The Morgan fingerprint density at radius 1 is 1.14 bits per heavy atom. The van der Waals surface area contributed by atoms with E-state index in [2.05, 4.69) is 9.97 Å². The standard InChI is InChI=1S/C15H12ClF2N3/c1-8-3-6-12-15(19-8)21(14(20-12)9(2)16)13-7-10(17)4-5-11(13)18/h3-7,9H,1-2H3. The normalized spacial score (nSPS) is 12.8. The largest absolute Gasteiger partial charge is 0.276 e. The molecule has 1 unspecified atom stereocenters. The summed E-state index contributed by atoms with van der Waals surface area (Å²) in [4.78, 5) is 8.76. The molecule has 2 heterocycles. The Kier molecular flexibility index (Phi) is 3.37. The SMILES string of the molecule is Cc1ccc2nc(C(C)Cl)n(-c3cc(F)ccc3F)c2n1. The van der Waals surface area contributed by atoms with Crippen molar-refractivity contribution in [3.8, 4) is 5.69 Å². The minimum Gasteiger partial charge on any atom is -0.276 e. The molecule has 2 aromatic heterocycles. The molecule has 21 heavy (non-hydrogen) atoms. The number of benzene rings is 1. The lowest BCUT2D eigenvalue weighted by atomic mass is 10.2. The van der Waals surface area contributed by atoms with Crippen molar-refractivity contribution in [1.29, 1.82) is 0 Å². The molecule has 0 fully saturated rings. The molecule has 1 aromatic carbocycles. The zero-order valence-corrected chi connectivity index (χ0v) is 12.2. The van der Waals surface area contributed by atoms with Crippen molar-refractivity contribution in [1.82, 2.24) is 14.5 Å². The van der Waals surface area contributed by atoms with Crippen molar-refractivity contribution in [3.05, 3.63) is 53.5 Å². The van der Waals surface area contributed by atoms with Crippen LogP contribution in [0.2, 0.25) is 0 Å². The van der Waals surface area contributed by atoms with Crippen molar-refractivity contribution in [3.63, 3.8) is 0 Å². The first-order valence-corrected chi connectivity index (χ1v) is 6.86. The third-order valence-electron chi connectivity index (χ3n) is 3.17. The van der Waals surface area contributed by atoms with Gasteiger partial charge in [-0.2, -0.15) is 0 Å². The minimum atomic E-state index is -0.558. The maximum Gasteiger partial charge on any atom is 0.165 e. The average molecular weight is 308 g/mol. The number of fused-ring (bicyclic) bond motifs is 1. The van der Waals surface area contributed by atoms with Gasteiger partial charge in [0.1, 0.15) is 23.0 Å². The van der Waals surface area contributed by atoms with Gasteiger partial charge in [-0.1, -0.05) is 0 Å². The highest BCUT2D eigenvalue weighted by Crippen LogP contribution is 2.28. The maximum atomic E-state index is 14.1. The van der Waals surface area contributed by atoms with Crippen LogP contribution in [0.25, 0.3) is 16.9 Å². The first-order chi connectivity index (χ1) is 9.97. The van der Waals surface area contributed by atoms with Gasteiger partial charge in [0.05, 0.1) is 11.1 Å². The summed E-state index contributed by atoms with van der Waals surface area (Å²) in [5.41, 5.74) is 1.86. The van der Waals surface area contributed by atoms with E-state index in [1.54, 1.807) is 13.0 Å². The van der Waals surface area contributed by atoms with Crippen LogP contribution in [-0.2, 0) is 0 Å². The van der Waals surface area contributed by atoms with Gasteiger partial charge in [-0.15, -0.1) is 11.6 Å². The summed E-state index contributed by atoms with van der Waals surface area (Å²) >= 11 is 6.13. The van der Waals surface area contributed by atoms with Crippen molar-refractivity contribution < 1.29 is 8.78 Å². The fourth-order valence-corrected chi connectivity index (χ4v) is 2.38. The Morgan fingerprint density at radius 2 is 1.90 bits per heavy atom. The van der Waals surface area contributed by atoms with E-state index < -0.39 is 17.0 Å². The van der Waals surface area contributed by atoms with Crippen molar-refractivity contribution in [2.45, 2.75) is 19.2 Å². The van der Waals surface area contributed by atoms with Gasteiger partial charge in [-0.25, -0.2) is 18.7 Å². The predicted molar refractivity (Wildman–Crippen MR) is 77.8 cm³/mol. The van der Waals surface area contributed by atoms with Gasteiger partial charge in [-0.3, -0.25) is 4.57 Å². The van der Waals surface area contributed by atoms with Gasteiger partial charge in [-0.05, 0) is 38.1 Å². The van der Waals surface area contributed by atoms with Crippen LogP contribution in [0.15, 0.2) is 30.3 Å². The Morgan fingerprint density at radius 3 is 2.62 bits per heavy atom. The Labute approximate surface area is 125 Å². The van der Waals surface area contributed by atoms with E-state index in [4.69, 9.17) is 11.6 Å². The van der Waals surface area contributed by atoms with E-state index in [1.165, 1.54) is 4.57 Å². The highest BCUT2D eigenvalue weighted by molar-refractivity contribution is 6.20. The second-order valence-corrected chi connectivity index (χ2v) is 5.47. The molecule has 0 aliphatic rings. The second kappa shape index (κ2) is 5.07. The highest BCUT2D eigenvalue weighted by Gasteiger charge is 2.20. The number of aryl methyl sites for hydroxylation is 1. The van der Waals surface area contributed by atoms with Gasteiger partial charge in [0, 0.05) is 11.8 Å². The summed E-state index contributed by atoms with van der Waals surface area (Å²) in [5, 5.41) is -0.470. The number of hydrogen-bond acceptors (Lipinski definition) is 2. The predicted octanol–water partition coefficient (Wildman–Crippen LogP) is 4.31. The number of imidazole rings is 1. The summed E-state index contributed by atoms with van der Waals surface area (Å²) in [5.74, 6) is -0.666. The number of hydrogen-bond donors (Lipinski definition) is 0. The van der Waals surface area contributed by atoms with Gasteiger partial charge < -0.3 is 0 Å². The van der Waals surface area contributed by atoms with Crippen molar-refractivity contribution in [2.24, 2.45) is 0 Å². The number of nitrogens with zero attached hydrogens (tertiary/aromatic N) is 3. The number of alkyl halides is 1. The number of halogens is 3. The minimum absolute atomic E-state index is 0.0538. The number of rotatable bonds is 2. The van der Waals surface area contributed by atoms with E-state index in [0.29, 0.717) is 17.0 Å². The molecule has 0 bridgehead atoms. The fraction of sp³-hybridized carbons (Fsp3) is 0.200. The Bertz CT molecular complexity index is 827. The molecule has 0 saturated carbocycles. The van der Waals surface area contributed by atoms with Gasteiger partial charge in [0.25, 0.3) is 0 Å². The van der Waals surface area contributed by atoms with Crippen LogP contribution in [0.1, 0.15) is 23.8 Å². The van der Waals surface area contributed by atoms with E-state index in [0.717, 1.165) is 23.9 Å². The zero-order valence-electron chi connectivity index (χ0n) is 11.4. The zero-order chi connectivity index (χ0) is 15.1. The fourth-order valence-electron chi connectivity index (χ4n) is 2.23. The van der Waals surface area contributed by atoms with Crippen LogP contribution in [0.3, 0.4) is 0 Å². The van der Waals surface area contributed by atoms with E-state index in [9.17, 15) is 8.78 Å². The number of aromatic nitrogens is 3. The van der Waals surface area contributed by atoms with E-state index >= 15 is 0 Å². The monoisotopic (exact) mass is 307 g/mol. The molecule has 3 rings (SSSR count). The topological polar surface area (TPSA) is 30.7 Å². The quantitative estimate of drug-likeness (QED) is 0.661. The highest BCUT2D eigenvalue weighted by atomic mass is 35.5. The molecule has 0 spiro atoms. The molecule has 0 radical (unpaired) electrons. The van der Waals surface area contributed by atoms with Gasteiger partial charge in [0.15, 0.2) is 5.65 Å². The lowest BCUT2D eigenvalue weighted by Crippen LogP contribution is -2.05. The Balaban J connectivity index is 2.41. The summed E-state index contributed by atoms with van der Waals surface area (Å²) in [7, 11) is 0. The molecule has 3 nitrogen and oxygen atoms in total. The van der Waals surface area contributed by atoms with Crippen LogP contribution in [0, 0.1) is 18.6 Å². The molecule has 3 aromatic rings. The third kappa shape index (κ3) is 2.38. The molecule has 6 heteroatoms. The maximum absolute atomic E-state index is 14.1. The molecule has 0 aliphatic carbocycles. The van der Waals surface area contributed by atoms with Gasteiger partial charge >= 0.3 is 0 Å². The van der Waals surface area contributed by atoms with E-state index in [-0.39, 0.29) is 5.69 Å². The Hall–Kier alpha value is -2.01. The first-order valence-electron chi connectivity index (χ1n) is 6.43. The van der Waals surface area contributed by atoms with E-state index in [1.807, 2.05) is 13.0 Å². The molecule has 0 saturated heterocycles. The van der Waals surface area contributed by atoms with Crippen LogP contribution in [0.4, 0.5) is 8.78 Å². The van der Waals surface area contributed by atoms with Crippen LogP contribution in [-0.4, -0.2) is 14.5 Å². The lowest BCUT2D eigenvalue weighted by molar-refractivity contribution is 0.591. The average Bonchev–Trinajstić information content (AvgIpc) is 2.80. The summed E-state index contributed by atoms with van der Waals surface area (Å²) in [6.45, 7) is 3.55. The molecule has 108 valence electrons. The molecule has 1 atom stereocenters. The molecule has 0 amide bonds. The van der Waals surface area contributed by atoms with Crippen LogP contribution >= 0.6 is 11.6 Å². The van der Waals surface area contributed by atoms with Crippen molar-refractivity contribution >= 4 is 22.8 Å². The van der Waals surface area contributed by atoms with Crippen molar-refractivity contribution in [2.75, 3.05) is 0 Å². The first kappa shape index (κ1) is 13.9. The lowest BCUT2D eigenvalue weighted by Gasteiger charge is -2.11. The molecular weight excluding hydrogens is 296 g/mol. The van der Waals surface area contributed by atoms with Crippen LogP contribution < -0.4 is 0 Å². The molecule has 0 aliphatic heterocycles. The van der Waals surface area contributed by atoms with Gasteiger partial charge in [0.2, 0.25) is 0 Å². The van der Waals surface area contributed by atoms with Crippen LogP contribution in [0.5, 0.6) is 0 Å².